The van der Waals surface area contributed by atoms with E-state index < -0.39 is 29.2 Å². The average molecular weight is 692 g/mol. The van der Waals surface area contributed by atoms with Gasteiger partial charge in [0.2, 0.25) is 5.91 Å². The Balaban J connectivity index is 1.26. The van der Waals surface area contributed by atoms with E-state index in [1.165, 1.54) is 18.3 Å². The highest BCUT2D eigenvalue weighted by molar-refractivity contribution is 5.99. The number of fused-ring (bicyclic) bond motifs is 3. The molecule has 0 saturated carbocycles. The molecule has 264 valence electrons. The van der Waals surface area contributed by atoms with Gasteiger partial charge < -0.3 is 19.4 Å². The summed E-state index contributed by atoms with van der Waals surface area (Å²) in [5.74, 6) is -2.73. The summed E-state index contributed by atoms with van der Waals surface area (Å²) in [4.78, 5) is 34.5. The molecule has 2 aromatic carbocycles. The fourth-order valence-electron chi connectivity index (χ4n) is 7.63. The SMILES string of the molecule is C[C@@H](/C=C/C(=O)N1CC[C@@H](N(C)c2nc(OC[C@@]34CCCN3C[C@H](F)C4)nc3c(F)c(-c4cccc5ccc(F)c(F)c45)ncc23)C1)N(C)C. The van der Waals surface area contributed by atoms with E-state index in [4.69, 9.17) is 9.72 Å². The predicted octanol–water partition coefficient (Wildman–Crippen LogP) is 5.76. The van der Waals surface area contributed by atoms with Gasteiger partial charge in [-0.1, -0.05) is 30.3 Å². The lowest BCUT2D eigenvalue weighted by molar-refractivity contribution is -0.125. The summed E-state index contributed by atoms with van der Waals surface area (Å²) in [7, 11) is 5.71. The maximum Gasteiger partial charge on any atom is 0.319 e. The predicted molar refractivity (Wildman–Crippen MR) is 184 cm³/mol. The first-order chi connectivity index (χ1) is 24.0. The van der Waals surface area contributed by atoms with Gasteiger partial charge in [-0.15, -0.1) is 0 Å². The minimum Gasteiger partial charge on any atom is -0.461 e. The van der Waals surface area contributed by atoms with Crippen LogP contribution in [0.5, 0.6) is 6.01 Å². The Morgan fingerprint density at radius 3 is 2.72 bits per heavy atom. The number of carbonyl (C=O) groups excluding carboxylic acids is 1. The zero-order valence-corrected chi connectivity index (χ0v) is 28.7. The van der Waals surface area contributed by atoms with E-state index in [0.29, 0.717) is 49.1 Å². The highest BCUT2D eigenvalue weighted by atomic mass is 19.2. The zero-order chi connectivity index (χ0) is 35.3. The number of hydrogen-bond donors (Lipinski definition) is 0. The molecule has 13 heteroatoms. The maximum atomic E-state index is 16.7. The number of benzene rings is 2. The summed E-state index contributed by atoms with van der Waals surface area (Å²) in [5, 5.41) is 0.598. The number of likely N-dealkylation sites (N-methyl/N-ethyl adjacent to an activating group) is 2. The van der Waals surface area contributed by atoms with Crippen LogP contribution in [0.3, 0.4) is 0 Å². The Hall–Kier alpha value is -4.36. The molecule has 0 aliphatic carbocycles. The van der Waals surface area contributed by atoms with Crippen LogP contribution >= 0.6 is 0 Å². The van der Waals surface area contributed by atoms with Gasteiger partial charge in [0.05, 0.1) is 10.9 Å². The third-order valence-corrected chi connectivity index (χ3v) is 10.8. The van der Waals surface area contributed by atoms with Crippen LogP contribution in [0.2, 0.25) is 0 Å². The molecular weight excluding hydrogens is 650 g/mol. The van der Waals surface area contributed by atoms with Crippen molar-refractivity contribution in [1.82, 2.24) is 29.7 Å². The quantitative estimate of drug-likeness (QED) is 0.162. The van der Waals surface area contributed by atoms with Gasteiger partial charge in [0.15, 0.2) is 17.5 Å². The minimum atomic E-state index is -1.10. The number of aromatic nitrogens is 3. The minimum absolute atomic E-state index is 0.0805. The topological polar surface area (TPSA) is 77.9 Å². The molecule has 7 rings (SSSR count). The third-order valence-electron chi connectivity index (χ3n) is 10.8. The Morgan fingerprint density at radius 1 is 1.10 bits per heavy atom. The molecule has 0 spiro atoms. The lowest BCUT2D eigenvalue weighted by Crippen LogP contribution is -2.43. The molecule has 2 aromatic heterocycles. The number of ether oxygens (including phenoxy) is 1. The van der Waals surface area contributed by atoms with E-state index >= 15 is 8.78 Å². The van der Waals surface area contributed by atoms with Crippen molar-refractivity contribution in [3.8, 4) is 17.3 Å². The fourth-order valence-corrected chi connectivity index (χ4v) is 7.63. The molecule has 9 nitrogen and oxygen atoms in total. The standard InChI is InChI=1S/C37H41F4N7O2/c1-22(45(2)3)9-12-29(49)47-16-13-25(20-47)46(4)35-27-18-42-33(26-8-5-7-23-10-11-28(39)31(40)30(23)26)32(41)34(27)43-36(44-35)50-21-37-14-6-15-48(37)19-24(38)17-37/h5,7-12,18,22,24-25H,6,13-17,19-21H2,1-4H3/b12-9+/t22-,24+,25+,37-/m0/s1. The van der Waals surface area contributed by atoms with Crippen LogP contribution in [0.1, 0.15) is 32.6 Å². The number of hydrogen-bond acceptors (Lipinski definition) is 8. The van der Waals surface area contributed by atoms with Crippen molar-refractivity contribution in [2.24, 2.45) is 0 Å². The number of rotatable bonds is 9. The number of nitrogens with zero attached hydrogens (tertiary/aromatic N) is 7. The van der Waals surface area contributed by atoms with Gasteiger partial charge in [-0.05, 0) is 58.3 Å². The smallest absolute Gasteiger partial charge is 0.319 e. The monoisotopic (exact) mass is 691 g/mol. The van der Waals surface area contributed by atoms with Crippen molar-refractivity contribution in [3.05, 3.63) is 66.1 Å². The fraction of sp³-hybridized carbons (Fsp3) is 0.459. The first-order valence-electron chi connectivity index (χ1n) is 17.1. The first-order valence-corrected chi connectivity index (χ1v) is 17.1. The molecular formula is C37H41F4N7O2. The highest BCUT2D eigenvalue weighted by Crippen LogP contribution is 2.41. The average Bonchev–Trinajstić information content (AvgIpc) is 3.82. The molecule has 0 bridgehead atoms. The molecule has 0 radical (unpaired) electrons. The van der Waals surface area contributed by atoms with E-state index in [2.05, 4.69) is 14.9 Å². The molecule has 3 fully saturated rings. The van der Waals surface area contributed by atoms with Crippen LogP contribution in [-0.2, 0) is 4.79 Å². The van der Waals surface area contributed by atoms with Gasteiger partial charge in [0, 0.05) is 68.4 Å². The molecule has 3 aliphatic rings. The molecule has 0 unspecified atom stereocenters. The van der Waals surface area contributed by atoms with Crippen LogP contribution in [-0.4, -0.2) is 113 Å². The van der Waals surface area contributed by atoms with E-state index in [-0.39, 0.29) is 52.8 Å². The highest BCUT2D eigenvalue weighted by Gasteiger charge is 2.49. The second kappa shape index (κ2) is 13.4. The van der Waals surface area contributed by atoms with E-state index in [0.717, 1.165) is 25.5 Å². The number of halogens is 4. The molecule has 1 amide bonds. The van der Waals surface area contributed by atoms with E-state index in [1.54, 1.807) is 23.1 Å². The third kappa shape index (κ3) is 6.14. The summed E-state index contributed by atoms with van der Waals surface area (Å²) in [5.41, 5.74) is -0.700. The largest absolute Gasteiger partial charge is 0.461 e. The molecule has 3 saturated heterocycles. The van der Waals surface area contributed by atoms with Crippen molar-refractivity contribution < 1.29 is 27.1 Å². The van der Waals surface area contributed by atoms with Crippen LogP contribution in [0.15, 0.2) is 48.7 Å². The Morgan fingerprint density at radius 2 is 1.92 bits per heavy atom. The van der Waals surface area contributed by atoms with Crippen LogP contribution < -0.4 is 9.64 Å². The first kappa shape index (κ1) is 34.1. The lowest BCUT2D eigenvalue weighted by atomic mass is 9.95. The van der Waals surface area contributed by atoms with Crippen molar-refractivity contribution in [2.75, 3.05) is 58.8 Å². The van der Waals surface area contributed by atoms with Gasteiger partial charge in [0.25, 0.3) is 0 Å². The number of likely N-dealkylation sites (tertiary alicyclic amines) is 1. The lowest BCUT2D eigenvalue weighted by Gasteiger charge is -2.31. The molecule has 4 aromatic rings. The zero-order valence-electron chi connectivity index (χ0n) is 28.7. The maximum absolute atomic E-state index is 16.7. The van der Waals surface area contributed by atoms with Crippen molar-refractivity contribution >= 4 is 33.4 Å². The molecule has 0 N–H and O–H groups in total. The van der Waals surface area contributed by atoms with Crippen molar-refractivity contribution in [1.29, 1.82) is 0 Å². The number of carbonyl (C=O) groups is 1. The number of pyridine rings is 1. The summed E-state index contributed by atoms with van der Waals surface area (Å²) >= 11 is 0. The summed E-state index contributed by atoms with van der Waals surface area (Å²) in [6.07, 6.45) is 6.62. The van der Waals surface area contributed by atoms with Crippen molar-refractivity contribution in [2.45, 2.75) is 56.4 Å². The van der Waals surface area contributed by atoms with E-state index in [9.17, 15) is 13.6 Å². The van der Waals surface area contributed by atoms with Crippen LogP contribution in [0, 0.1) is 17.5 Å². The van der Waals surface area contributed by atoms with Gasteiger partial charge in [0.1, 0.15) is 29.8 Å². The Bertz CT molecular complexity index is 1980. The normalized spacial score (nSPS) is 23.1. The number of alkyl halides is 1. The molecule has 50 heavy (non-hydrogen) atoms. The van der Waals surface area contributed by atoms with Crippen LogP contribution in [0.25, 0.3) is 32.9 Å². The summed E-state index contributed by atoms with van der Waals surface area (Å²) < 4.78 is 67.0. The molecule has 4 atom stereocenters. The number of amides is 1. The summed E-state index contributed by atoms with van der Waals surface area (Å²) in [6.45, 7) is 4.22. The molecule has 5 heterocycles. The Kier molecular flexibility index (Phi) is 9.14. The Labute approximate surface area is 288 Å². The van der Waals surface area contributed by atoms with Crippen LogP contribution in [0.4, 0.5) is 23.4 Å². The molecule has 3 aliphatic heterocycles. The second-order valence-electron chi connectivity index (χ2n) is 14.0. The van der Waals surface area contributed by atoms with Gasteiger partial charge >= 0.3 is 6.01 Å². The van der Waals surface area contributed by atoms with Gasteiger partial charge in [-0.3, -0.25) is 14.7 Å². The van der Waals surface area contributed by atoms with Gasteiger partial charge in [-0.25, -0.2) is 17.6 Å². The second-order valence-corrected chi connectivity index (χ2v) is 14.0. The van der Waals surface area contributed by atoms with E-state index in [1.807, 2.05) is 43.9 Å². The summed E-state index contributed by atoms with van der Waals surface area (Å²) in [6, 6.07) is 7.06. The number of anilines is 1. The van der Waals surface area contributed by atoms with Crippen molar-refractivity contribution in [3.63, 3.8) is 0 Å². The van der Waals surface area contributed by atoms with Gasteiger partial charge in [-0.2, -0.15) is 9.97 Å².